The van der Waals surface area contributed by atoms with Gasteiger partial charge in [-0.3, -0.25) is 4.79 Å². The first-order valence-electron chi connectivity index (χ1n) is 7.93. The molecule has 0 spiro atoms. The Hall–Kier alpha value is -3.22. The smallest absolute Gasteiger partial charge is 0.254 e. The molecule has 0 fully saturated rings. The molecular formula is C18H20N6O. The molecular weight excluding hydrogens is 316 g/mol. The summed E-state index contributed by atoms with van der Waals surface area (Å²) in [6, 6.07) is 11.9. The van der Waals surface area contributed by atoms with Gasteiger partial charge in [0.1, 0.15) is 18.5 Å². The summed E-state index contributed by atoms with van der Waals surface area (Å²) in [5.41, 5.74) is 2.89. The highest BCUT2D eigenvalue weighted by Gasteiger charge is 2.07. The van der Waals surface area contributed by atoms with Gasteiger partial charge >= 0.3 is 0 Å². The van der Waals surface area contributed by atoms with Gasteiger partial charge in [-0.1, -0.05) is 24.3 Å². The van der Waals surface area contributed by atoms with Crippen molar-refractivity contribution in [2.24, 2.45) is 0 Å². The van der Waals surface area contributed by atoms with Crippen molar-refractivity contribution >= 4 is 11.7 Å². The van der Waals surface area contributed by atoms with Crippen LogP contribution in [0, 0.1) is 0 Å². The van der Waals surface area contributed by atoms with Crippen molar-refractivity contribution in [3.63, 3.8) is 0 Å². The largest absolute Gasteiger partial charge is 0.366 e. The van der Waals surface area contributed by atoms with E-state index in [9.17, 15) is 4.79 Å². The Kier molecular flexibility index (Phi) is 5.03. The second-order valence-electron chi connectivity index (χ2n) is 5.89. The molecule has 1 aromatic carbocycles. The zero-order valence-corrected chi connectivity index (χ0v) is 14.3. The number of nitrogens with zero attached hydrogens (tertiary/aromatic N) is 5. The second-order valence-corrected chi connectivity index (χ2v) is 5.89. The summed E-state index contributed by atoms with van der Waals surface area (Å²) >= 11 is 0. The summed E-state index contributed by atoms with van der Waals surface area (Å²) in [6.45, 7) is 1.37. The molecule has 0 saturated heterocycles. The highest BCUT2D eigenvalue weighted by molar-refractivity contribution is 5.93. The van der Waals surface area contributed by atoms with E-state index in [0.717, 1.165) is 11.4 Å². The molecule has 3 aromatic rings. The molecule has 2 aromatic heterocycles. The fraction of sp³-hybridized carbons (Fsp3) is 0.222. The van der Waals surface area contributed by atoms with E-state index in [4.69, 9.17) is 0 Å². The topological polar surface area (TPSA) is 75.9 Å². The van der Waals surface area contributed by atoms with E-state index < -0.39 is 0 Å². The minimum atomic E-state index is -0.0537. The zero-order chi connectivity index (χ0) is 17.6. The van der Waals surface area contributed by atoms with Gasteiger partial charge in [0.2, 0.25) is 0 Å². The number of hydrogen-bond donors (Lipinski definition) is 1. The van der Waals surface area contributed by atoms with Crippen LogP contribution in [-0.4, -0.2) is 44.7 Å². The van der Waals surface area contributed by atoms with E-state index in [2.05, 4.69) is 44.6 Å². The molecule has 0 radical (unpaired) electrons. The summed E-state index contributed by atoms with van der Waals surface area (Å²) in [6.07, 6.45) is 4.82. The van der Waals surface area contributed by atoms with Gasteiger partial charge in [-0.05, 0) is 23.3 Å². The summed E-state index contributed by atoms with van der Waals surface area (Å²) in [5, 5.41) is 7.36. The lowest BCUT2D eigenvalue weighted by Crippen LogP contribution is -2.21. The fourth-order valence-electron chi connectivity index (χ4n) is 2.34. The molecule has 7 nitrogen and oxygen atoms in total. The number of amides is 1. The van der Waals surface area contributed by atoms with E-state index in [1.807, 2.05) is 6.07 Å². The van der Waals surface area contributed by atoms with Crippen LogP contribution in [0.3, 0.4) is 0 Å². The lowest BCUT2D eigenvalue weighted by atomic mass is 10.1. The SMILES string of the molecule is CN(C)C(=O)c1ccc(NCc2ccc(Cn3cncn3)cc2)nc1. The molecule has 1 N–H and O–H groups in total. The van der Waals surface area contributed by atoms with Crippen molar-refractivity contribution in [2.75, 3.05) is 19.4 Å². The Balaban J connectivity index is 1.55. The number of carbonyl (C=O) groups is 1. The Bertz CT molecular complexity index is 810. The number of hydrogen-bond acceptors (Lipinski definition) is 5. The molecule has 7 heteroatoms. The maximum atomic E-state index is 11.8. The summed E-state index contributed by atoms with van der Waals surface area (Å²) < 4.78 is 1.79. The molecule has 1 amide bonds. The molecule has 2 heterocycles. The van der Waals surface area contributed by atoms with Crippen LogP contribution < -0.4 is 5.32 Å². The van der Waals surface area contributed by atoms with Crippen LogP contribution in [0.4, 0.5) is 5.82 Å². The van der Waals surface area contributed by atoms with Crippen molar-refractivity contribution < 1.29 is 4.79 Å². The Labute approximate surface area is 146 Å². The Morgan fingerprint density at radius 1 is 1.12 bits per heavy atom. The number of benzene rings is 1. The van der Waals surface area contributed by atoms with Crippen molar-refractivity contribution in [3.8, 4) is 0 Å². The third-order valence-corrected chi connectivity index (χ3v) is 3.72. The zero-order valence-electron chi connectivity index (χ0n) is 14.3. The lowest BCUT2D eigenvalue weighted by molar-refractivity contribution is 0.0827. The normalized spacial score (nSPS) is 10.5. The van der Waals surface area contributed by atoms with Gasteiger partial charge < -0.3 is 10.2 Å². The van der Waals surface area contributed by atoms with Crippen LogP contribution in [0.25, 0.3) is 0 Å². The minimum absolute atomic E-state index is 0.0537. The standard InChI is InChI=1S/C18H20N6O/c1-23(2)18(25)16-7-8-17(21-10-16)20-9-14-3-5-15(6-4-14)11-24-13-19-12-22-24/h3-8,10,12-13H,9,11H2,1-2H3,(H,20,21). The highest BCUT2D eigenvalue weighted by Crippen LogP contribution is 2.10. The number of aromatic nitrogens is 4. The predicted octanol–water partition coefficient (Wildman–Crippen LogP) is 2.04. The second kappa shape index (κ2) is 7.57. The first-order chi connectivity index (χ1) is 12.1. The van der Waals surface area contributed by atoms with Gasteiger partial charge in [-0.15, -0.1) is 0 Å². The van der Waals surface area contributed by atoms with E-state index in [0.29, 0.717) is 18.7 Å². The van der Waals surface area contributed by atoms with Gasteiger partial charge in [0.15, 0.2) is 0 Å². The molecule has 0 unspecified atom stereocenters. The van der Waals surface area contributed by atoms with Crippen LogP contribution in [-0.2, 0) is 13.1 Å². The molecule has 0 aliphatic rings. The average molecular weight is 336 g/mol. The minimum Gasteiger partial charge on any atom is -0.366 e. The molecule has 0 bridgehead atoms. The first-order valence-corrected chi connectivity index (χ1v) is 7.93. The van der Waals surface area contributed by atoms with Crippen molar-refractivity contribution in [1.29, 1.82) is 0 Å². The van der Waals surface area contributed by atoms with Crippen LogP contribution in [0.15, 0.2) is 55.2 Å². The van der Waals surface area contributed by atoms with E-state index in [-0.39, 0.29) is 5.91 Å². The third kappa shape index (κ3) is 4.41. The molecule has 128 valence electrons. The van der Waals surface area contributed by atoms with Crippen LogP contribution >= 0.6 is 0 Å². The van der Waals surface area contributed by atoms with Gasteiger partial charge in [-0.25, -0.2) is 14.6 Å². The summed E-state index contributed by atoms with van der Waals surface area (Å²) in [5.74, 6) is 0.684. The van der Waals surface area contributed by atoms with E-state index in [1.165, 1.54) is 16.8 Å². The van der Waals surface area contributed by atoms with Gasteiger partial charge in [-0.2, -0.15) is 5.10 Å². The molecule has 0 atom stereocenters. The number of pyridine rings is 1. The molecule has 3 rings (SSSR count). The number of nitrogens with one attached hydrogen (secondary N) is 1. The van der Waals surface area contributed by atoms with Gasteiger partial charge in [0.05, 0.1) is 12.1 Å². The monoisotopic (exact) mass is 336 g/mol. The molecule has 0 saturated carbocycles. The van der Waals surface area contributed by atoms with Crippen molar-refractivity contribution in [3.05, 3.63) is 71.9 Å². The average Bonchev–Trinajstić information content (AvgIpc) is 3.14. The van der Waals surface area contributed by atoms with Crippen LogP contribution in [0.1, 0.15) is 21.5 Å². The van der Waals surface area contributed by atoms with Crippen LogP contribution in [0.5, 0.6) is 0 Å². The van der Waals surface area contributed by atoms with E-state index >= 15 is 0 Å². The quantitative estimate of drug-likeness (QED) is 0.745. The van der Waals surface area contributed by atoms with Crippen molar-refractivity contribution in [1.82, 2.24) is 24.6 Å². The maximum absolute atomic E-state index is 11.8. The lowest BCUT2D eigenvalue weighted by Gasteiger charge is -2.11. The fourth-order valence-corrected chi connectivity index (χ4v) is 2.34. The van der Waals surface area contributed by atoms with E-state index in [1.54, 1.807) is 37.4 Å². The molecule has 25 heavy (non-hydrogen) atoms. The van der Waals surface area contributed by atoms with Gasteiger partial charge in [0, 0.05) is 26.8 Å². The highest BCUT2D eigenvalue weighted by atomic mass is 16.2. The number of rotatable bonds is 6. The molecule has 0 aliphatic heterocycles. The van der Waals surface area contributed by atoms with Gasteiger partial charge in [0.25, 0.3) is 5.91 Å². The maximum Gasteiger partial charge on any atom is 0.254 e. The van der Waals surface area contributed by atoms with Crippen molar-refractivity contribution in [2.45, 2.75) is 13.1 Å². The number of carbonyl (C=O) groups excluding carboxylic acids is 1. The third-order valence-electron chi connectivity index (χ3n) is 3.72. The Morgan fingerprint density at radius 3 is 2.48 bits per heavy atom. The Morgan fingerprint density at radius 2 is 1.88 bits per heavy atom. The predicted molar refractivity (Wildman–Crippen MR) is 95.1 cm³/mol. The number of anilines is 1. The van der Waals surface area contributed by atoms with Crippen LogP contribution in [0.2, 0.25) is 0 Å². The summed E-state index contributed by atoms with van der Waals surface area (Å²) in [7, 11) is 3.45. The first kappa shape index (κ1) is 16.6. The molecule has 0 aliphatic carbocycles. The summed E-state index contributed by atoms with van der Waals surface area (Å²) in [4.78, 5) is 21.6.